The summed E-state index contributed by atoms with van der Waals surface area (Å²) >= 11 is 0. The standard InChI is InChI=1S/C27H30FN3O4S/c1-20(2)29-27(33)21(3)30(18-22-10-6-4-7-11-22)26(32)19-31(24-12-8-5-9-13-24)36(34,35)25-16-14-23(28)15-17-25/h4-17,20-21H,18-19H2,1-3H3,(H,29,33)/t21-/m1/s1. The number of para-hydroxylation sites is 1. The van der Waals surface area contributed by atoms with Crippen molar-refractivity contribution in [2.75, 3.05) is 10.8 Å². The number of amides is 2. The number of carbonyl (C=O) groups excluding carboxylic acids is 2. The summed E-state index contributed by atoms with van der Waals surface area (Å²) in [6, 6.07) is 20.8. The second kappa shape index (κ2) is 11.8. The number of hydrogen-bond donors (Lipinski definition) is 1. The lowest BCUT2D eigenvalue weighted by Crippen LogP contribution is -2.52. The van der Waals surface area contributed by atoms with Gasteiger partial charge in [-0.25, -0.2) is 12.8 Å². The minimum absolute atomic E-state index is 0.117. The van der Waals surface area contributed by atoms with Crippen LogP contribution < -0.4 is 9.62 Å². The molecule has 0 aliphatic heterocycles. The summed E-state index contributed by atoms with van der Waals surface area (Å²) < 4.78 is 41.6. The van der Waals surface area contributed by atoms with Crippen LogP contribution in [-0.4, -0.2) is 43.8 Å². The highest BCUT2D eigenvalue weighted by molar-refractivity contribution is 7.92. The molecule has 0 heterocycles. The summed E-state index contributed by atoms with van der Waals surface area (Å²) in [5.41, 5.74) is 1.07. The molecule has 190 valence electrons. The van der Waals surface area contributed by atoms with Gasteiger partial charge in [0.25, 0.3) is 10.0 Å². The van der Waals surface area contributed by atoms with Crippen LogP contribution in [0.25, 0.3) is 0 Å². The van der Waals surface area contributed by atoms with Crippen LogP contribution in [0.5, 0.6) is 0 Å². The van der Waals surface area contributed by atoms with E-state index < -0.39 is 34.3 Å². The molecule has 3 aromatic carbocycles. The van der Waals surface area contributed by atoms with Crippen LogP contribution in [-0.2, 0) is 26.2 Å². The molecule has 9 heteroatoms. The van der Waals surface area contributed by atoms with Gasteiger partial charge in [0.05, 0.1) is 10.6 Å². The van der Waals surface area contributed by atoms with E-state index in [-0.39, 0.29) is 29.1 Å². The average molecular weight is 512 g/mol. The molecule has 0 bridgehead atoms. The van der Waals surface area contributed by atoms with Gasteiger partial charge in [0.2, 0.25) is 11.8 Å². The first-order chi connectivity index (χ1) is 17.1. The minimum Gasteiger partial charge on any atom is -0.352 e. The number of nitrogens with one attached hydrogen (secondary N) is 1. The van der Waals surface area contributed by atoms with Crippen molar-refractivity contribution in [3.63, 3.8) is 0 Å². The predicted octanol–water partition coefficient (Wildman–Crippen LogP) is 3.96. The Morgan fingerprint density at radius 2 is 1.42 bits per heavy atom. The number of sulfonamides is 1. The van der Waals surface area contributed by atoms with Gasteiger partial charge in [-0.1, -0.05) is 48.5 Å². The van der Waals surface area contributed by atoms with Crippen LogP contribution in [0.4, 0.5) is 10.1 Å². The van der Waals surface area contributed by atoms with Crippen LogP contribution in [0.3, 0.4) is 0 Å². The van der Waals surface area contributed by atoms with Crippen molar-refractivity contribution in [1.82, 2.24) is 10.2 Å². The second-order valence-corrected chi connectivity index (χ2v) is 10.5. The van der Waals surface area contributed by atoms with Crippen LogP contribution in [0.15, 0.2) is 89.8 Å². The third-order valence-electron chi connectivity index (χ3n) is 5.52. The Labute approximate surface area is 211 Å². The van der Waals surface area contributed by atoms with Gasteiger partial charge in [-0.3, -0.25) is 13.9 Å². The number of carbonyl (C=O) groups is 2. The average Bonchev–Trinajstić information content (AvgIpc) is 2.86. The topological polar surface area (TPSA) is 86.8 Å². The van der Waals surface area contributed by atoms with Crippen molar-refractivity contribution in [2.24, 2.45) is 0 Å². The smallest absolute Gasteiger partial charge is 0.264 e. The number of hydrogen-bond acceptors (Lipinski definition) is 4. The summed E-state index contributed by atoms with van der Waals surface area (Å²) in [5, 5.41) is 2.81. The molecule has 0 saturated heterocycles. The number of rotatable bonds is 10. The van der Waals surface area contributed by atoms with Crippen LogP contribution in [0, 0.1) is 5.82 Å². The van der Waals surface area contributed by atoms with Crippen molar-refractivity contribution < 1.29 is 22.4 Å². The molecule has 0 aromatic heterocycles. The first-order valence-electron chi connectivity index (χ1n) is 11.6. The lowest BCUT2D eigenvalue weighted by atomic mass is 10.1. The monoisotopic (exact) mass is 511 g/mol. The summed E-state index contributed by atoms with van der Waals surface area (Å²) in [7, 11) is -4.22. The zero-order valence-electron chi connectivity index (χ0n) is 20.5. The quantitative estimate of drug-likeness (QED) is 0.446. The molecule has 0 radical (unpaired) electrons. The number of nitrogens with zero attached hydrogens (tertiary/aromatic N) is 2. The largest absolute Gasteiger partial charge is 0.352 e. The Hall–Kier alpha value is -3.72. The van der Waals surface area contributed by atoms with Crippen LogP contribution in [0.1, 0.15) is 26.3 Å². The molecule has 0 aliphatic rings. The molecule has 3 aromatic rings. The van der Waals surface area contributed by atoms with E-state index in [1.165, 1.54) is 4.90 Å². The molecule has 1 atom stereocenters. The number of halogens is 1. The molecule has 0 saturated carbocycles. The first-order valence-corrected chi connectivity index (χ1v) is 13.0. The third kappa shape index (κ3) is 6.69. The highest BCUT2D eigenvalue weighted by atomic mass is 32.2. The van der Waals surface area contributed by atoms with Crippen molar-refractivity contribution >= 4 is 27.5 Å². The van der Waals surface area contributed by atoms with E-state index in [1.54, 1.807) is 37.3 Å². The fraction of sp³-hybridized carbons (Fsp3) is 0.259. The van der Waals surface area contributed by atoms with Crippen molar-refractivity contribution in [2.45, 2.75) is 44.3 Å². The lowest BCUT2D eigenvalue weighted by Gasteiger charge is -2.32. The van der Waals surface area contributed by atoms with Crippen molar-refractivity contribution in [3.05, 3.63) is 96.3 Å². The van der Waals surface area contributed by atoms with E-state index in [9.17, 15) is 22.4 Å². The molecule has 0 spiro atoms. The van der Waals surface area contributed by atoms with Crippen molar-refractivity contribution in [1.29, 1.82) is 0 Å². The first kappa shape index (κ1) is 26.9. The highest BCUT2D eigenvalue weighted by Crippen LogP contribution is 2.24. The number of benzene rings is 3. The maximum Gasteiger partial charge on any atom is 0.264 e. The van der Waals surface area contributed by atoms with E-state index in [2.05, 4.69) is 5.32 Å². The molecule has 0 fully saturated rings. The Kier molecular flexibility index (Phi) is 8.82. The molecule has 3 rings (SSSR count). The third-order valence-corrected chi connectivity index (χ3v) is 7.31. The maximum absolute atomic E-state index is 13.7. The minimum atomic E-state index is -4.22. The normalized spacial score (nSPS) is 12.1. The molecule has 2 amide bonds. The molecule has 0 aliphatic carbocycles. The van der Waals surface area contributed by atoms with E-state index in [0.29, 0.717) is 0 Å². The predicted molar refractivity (Wildman–Crippen MR) is 137 cm³/mol. The van der Waals surface area contributed by atoms with Gasteiger partial charge in [0.15, 0.2) is 0 Å². The molecule has 0 unspecified atom stereocenters. The van der Waals surface area contributed by atoms with Gasteiger partial charge >= 0.3 is 0 Å². The zero-order valence-corrected chi connectivity index (χ0v) is 21.3. The SMILES string of the molecule is CC(C)NC(=O)[C@@H](C)N(Cc1ccccc1)C(=O)CN(c1ccccc1)S(=O)(=O)c1ccc(F)cc1. The Bertz CT molecular complexity index is 1270. The van der Waals surface area contributed by atoms with Gasteiger partial charge in [-0.05, 0) is 62.7 Å². The van der Waals surface area contributed by atoms with Gasteiger partial charge in [-0.2, -0.15) is 0 Å². The highest BCUT2D eigenvalue weighted by Gasteiger charge is 2.32. The maximum atomic E-state index is 13.7. The second-order valence-electron chi connectivity index (χ2n) is 8.65. The zero-order chi connectivity index (χ0) is 26.3. The van der Waals surface area contributed by atoms with E-state index in [0.717, 1.165) is 34.1 Å². The van der Waals surface area contributed by atoms with Crippen LogP contribution in [0.2, 0.25) is 0 Å². The summed E-state index contributed by atoms with van der Waals surface area (Å²) in [6.07, 6.45) is 0. The van der Waals surface area contributed by atoms with E-state index >= 15 is 0 Å². The lowest BCUT2D eigenvalue weighted by molar-refractivity contribution is -0.139. The molecular formula is C27H30FN3O4S. The fourth-order valence-electron chi connectivity index (χ4n) is 3.62. The van der Waals surface area contributed by atoms with Gasteiger partial charge in [0.1, 0.15) is 18.4 Å². The summed E-state index contributed by atoms with van der Waals surface area (Å²) in [5.74, 6) is -1.47. The number of anilines is 1. The van der Waals surface area contributed by atoms with Gasteiger partial charge in [0, 0.05) is 12.6 Å². The van der Waals surface area contributed by atoms with Crippen LogP contribution >= 0.6 is 0 Å². The van der Waals surface area contributed by atoms with Gasteiger partial charge < -0.3 is 10.2 Å². The molecule has 7 nitrogen and oxygen atoms in total. The fourth-order valence-corrected chi connectivity index (χ4v) is 5.04. The molecule has 36 heavy (non-hydrogen) atoms. The van der Waals surface area contributed by atoms with Crippen molar-refractivity contribution in [3.8, 4) is 0 Å². The van der Waals surface area contributed by atoms with E-state index in [4.69, 9.17) is 0 Å². The van der Waals surface area contributed by atoms with E-state index in [1.807, 2.05) is 44.2 Å². The molecule has 1 N–H and O–H groups in total. The Balaban J connectivity index is 1.99. The molecular weight excluding hydrogens is 481 g/mol. The van der Waals surface area contributed by atoms with Gasteiger partial charge in [-0.15, -0.1) is 0 Å². The summed E-state index contributed by atoms with van der Waals surface area (Å²) in [4.78, 5) is 27.7. The summed E-state index contributed by atoms with van der Waals surface area (Å²) in [6.45, 7) is 4.82. The Morgan fingerprint density at radius 3 is 1.97 bits per heavy atom. The Morgan fingerprint density at radius 1 is 0.861 bits per heavy atom.